The fourth-order valence-corrected chi connectivity index (χ4v) is 5.68. The van der Waals surface area contributed by atoms with E-state index in [4.69, 9.17) is 24.7 Å². The number of fused-ring (bicyclic) bond motifs is 1. The minimum atomic E-state index is -0.936. The lowest BCUT2D eigenvalue weighted by Gasteiger charge is -2.33. The van der Waals surface area contributed by atoms with E-state index in [-0.39, 0.29) is 18.0 Å². The molecule has 0 radical (unpaired) electrons. The number of anilines is 1. The van der Waals surface area contributed by atoms with E-state index >= 15 is 0 Å². The van der Waals surface area contributed by atoms with Gasteiger partial charge in [0.1, 0.15) is 5.01 Å². The number of unbranched alkanes of at least 4 members (excludes halogenated alkanes) is 2. The van der Waals surface area contributed by atoms with E-state index < -0.39 is 5.97 Å². The Labute approximate surface area is 239 Å². The predicted molar refractivity (Wildman–Crippen MR) is 157 cm³/mol. The standard InChI is InChI=1S/C29H34N4O4S.ClH/c1-36-17-3-2-4-18-37-20-21-13-15-32(16-14-21)25-11-9-23(10-12-25)27-31-33-19-26(30-29(33)38-27)22-5-7-24(8-6-22)28(34)35;/h5-12,19,21H,2-4,13-18,20H2,1H3,(H,34,35);1H. The molecule has 0 atom stereocenters. The number of ether oxygens (including phenoxy) is 2. The third-order valence-electron chi connectivity index (χ3n) is 7.06. The van der Waals surface area contributed by atoms with Crippen LogP contribution in [0, 0.1) is 5.92 Å². The number of rotatable bonds is 12. The van der Waals surface area contributed by atoms with Gasteiger partial charge in [0.15, 0.2) is 0 Å². The van der Waals surface area contributed by atoms with Gasteiger partial charge < -0.3 is 19.5 Å². The first-order valence-electron chi connectivity index (χ1n) is 13.2. The molecule has 39 heavy (non-hydrogen) atoms. The summed E-state index contributed by atoms with van der Waals surface area (Å²) in [6, 6.07) is 15.4. The van der Waals surface area contributed by atoms with E-state index in [1.807, 2.05) is 6.20 Å². The van der Waals surface area contributed by atoms with Crippen LogP contribution in [0.1, 0.15) is 42.5 Å². The average molecular weight is 571 g/mol. The van der Waals surface area contributed by atoms with E-state index in [1.165, 1.54) is 12.1 Å². The van der Waals surface area contributed by atoms with E-state index in [0.29, 0.717) is 5.92 Å². The Hall–Kier alpha value is -2.98. The summed E-state index contributed by atoms with van der Waals surface area (Å²) in [6.45, 7) is 4.68. The zero-order valence-corrected chi connectivity index (χ0v) is 23.8. The van der Waals surface area contributed by atoms with E-state index in [9.17, 15) is 4.79 Å². The zero-order valence-electron chi connectivity index (χ0n) is 22.1. The van der Waals surface area contributed by atoms with Gasteiger partial charge in [-0.15, -0.1) is 12.4 Å². The second-order valence-electron chi connectivity index (χ2n) is 9.75. The minimum absolute atomic E-state index is 0. The van der Waals surface area contributed by atoms with Crippen molar-refractivity contribution >= 4 is 40.4 Å². The van der Waals surface area contributed by atoms with E-state index in [2.05, 4.69) is 29.2 Å². The molecule has 1 fully saturated rings. The van der Waals surface area contributed by atoms with Crippen LogP contribution in [0.15, 0.2) is 54.7 Å². The predicted octanol–water partition coefficient (Wildman–Crippen LogP) is 6.29. The summed E-state index contributed by atoms with van der Waals surface area (Å²) in [4.78, 5) is 19.0. The first kappa shape index (κ1) is 29.0. The number of imidazole rings is 1. The number of hydrogen-bond acceptors (Lipinski definition) is 7. The number of aromatic nitrogens is 3. The van der Waals surface area contributed by atoms with Crippen LogP contribution in [0.5, 0.6) is 0 Å². The van der Waals surface area contributed by atoms with Gasteiger partial charge in [-0.05, 0) is 74.4 Å². The van der Waals surface area contributed by atoms with Gasteiger partial charge in [-0.25, -0.2) is 14.3 Å². The number of methoxy groups -OCH3 is 1. The van der Waals surface area contributed by atoms with Crippen molar-refractivity contribution in [2.24, 2.45) is 5.92 Å². The summed E-state index contributed by atoms with van der Waals surface area (Å²) in [7, 11) is 1.75. The Morgan fingerprint density at radius 2 is 1.69 bits per heavy atom. The Bertz CT molecular complexity index is 1300. The lowest BCUT2D eigenvalue weighted by molar-refractivity contribution is 0.0697. The first-order valence-corrected chi connectivity index (χ1v) is 14.0. The van der Waals surface area contributed by atoms with Crippen LogP contribution in [0.2, 0.25) is 0 Å². The number of carboxylic acid groups (broad SMARTS) is 1. The molecule has 1 saturated heterocycles. The molecule has 0 unspecified atom stereocenters. The van der Waals surface area contributed by atoms with Gasteiger partial charge in [0.2, 0.25) is 4.96 Å². The van der Waals surface area contributed by atoms with Crippen molar-refractivity contribution in [3.8, 4) is 21.8 Å². The summed E-state index contributed by atoms with van der Waals surface area (Å²) < 4.78 is 12.8. The Balaban J connectivity index is 0.00000353. The third kappa shape index (κ3) is 7.36. The van der Waals surface area contributed by atoms with Crippen LogP contribution in [0.3, 0.4) is 0 Å². The van der Waals surface area contributed by atoms with Gasteiger partial charge in [0.05, 0.1) is 17.5 Å². The lowest BCUT2D eigenvalue weighted by atomic mass is 9.97. The molecule has 0 aliphatic carbocycles. The molecule has 5 rings (SSSR count). The van der Waals surface area contributed by atoms with Crippen LogP contribution in [-0.4, -0.2) is 65.7 Å². The molecule has 0 amide bonds. The maximum Gasteiger partial charge on any atom is 0.335 e. The van der Waals surface area contributed by atoms with Gasteiger partial charge in [-0.2, -0.15) is 5.10 Å². The summed E-state index contributed by atoms with van der Waals surface area (Å²) in [5.41, 5.74) is 4.23. The summed E-state index contributed by atoms with van der Waals surface area (Å²) in [5.74, 6) is -0.287. The van der Waals surface area contributed by atoms with Crippen LogP contribution in [-0.2, 0) is 9.47 Å². The Morgan fingerprint density at radius 3 is 2.36 bits per heavy atom. The van der Waals surface area contributed by atoms with Gasteiger partial charge in [-0.1, -0.05) is 23.5 Å². The monoisotopic (exact) mass is 570 g/mol. The van der Waals surface area contributed by atoms with Gasteiger partial charge >= 0.3 is 5.97 Å². The molecule has 1 N–H and O–H groups in total. The molecule has 1 aliphatic heterocycles. The molecule has 208 valence electrons. The maximum absolute atomic E-state index is 11.1. The van der Waals surface area contributed by atoms with Crippen molar-refractivity contribution < 1.29 is 19.4 Å². The summed E-state index contributed by atoms with van der Waals surface area (Å²) in [5, 5.41) is 14.7. The largest absolute Gasteiger partial charge is 0.478 e. The smallest absolute Gasteiger partial charge is 0.335 e. The molecule has 2 aromatic heterocycles. The second kappa shape index (κ2) is 13.9. The van der Waals surface area contributed by atoms with Gasteiger partial charge in [0, 0.05) is 56.8 Å². The maximum atomic E-state index is 11.1. The van der Waals surface area contributed by atoms with Crippen molar-refractivity contribution in [3.63, 3.8) is 0 Å². The van der Waals surface area contributed by atoms with Gasteiger partial charge in [0.25, 0.3) is 0 Å². The number of halogens is 1. The third-order valence-corrected chi connectivity index (χ3v) is 8.03. The van der Waals surface area contributed by atoms with Crippen LogP contribution in [0.25, 0.3) is 26.8 Å². The molecular weight excluding hydrogens is 536 g/mol. The van der Waals surface area contributed by atoms with Crippen LogP contribution < -0.4 is 4.90 Å². The highest BCUT2D eigenvalue weighted by Crippen LogP contribution is 2.31. The fraction of sp³-hybridized carbons (Fsp3) is 0.414. The fourth-order valence-electron chi connectivity index (χ4n) is 4.79. The number of hydrogen-bond donors (Lipinski definition) is 1. The molecule has 0 spiro atoms. The van der Waals surface area contributed by atoms with Crippen molar-refractivity contribution in [3.05, 3.63) is 60.3 Å². The Morgan fingerprint density at radius 1 is 1.00 bits per heavy atom. The van der Waals surface area contributed by atoms with Gasteiger partial charge in [-0.3, -0.25) is 0 Å². The highest BCUT2D eigenvalue weighted by Gasteiger charge is 2.20. The molecule has 10 heteroatoms. The molecule has 0 saturated carbocycles. The summed E-state index contributed by atoms with van der Waals surface area (Å²) in [6.07, 6.45) is 7.60. The molecule has 4 aromatic rings. The number of nitrogens with zero attached hydrogens (tertiary/aromatic N) is 4. The molecule has 3 heterocycles. The van der Waals surface area contributed by atoms with E-state index in [1.54, 1.807) is 47.2 Å². The summed E-state index contributed by atoms with van der Waals surface area (Å²) >= 11 is 1.54. The lowest BCUT2D eigenvalue weighted by Crippen LogP contribution is -2.35. The number of aromatic carboxylic acids is 1. The topological polar surface area (TPSA) is 89.2 Å². The number of carboxylic acids is 1. The van der Waals surface area contributed by atoms with Crippen molar-refractivity contribution in [1.82, 2.24) is 14.6 Å². The second-order valence-corrected chi connectivity index (χ2v) is 10.7. The molecular formula is C29H35ClN4O4S. The highest BCUT2D eigenvalue weighted by molar-refractivity contribution is 7.19. The van der Waals surface area contributed by atoms with E-state index in [0.717, 1.165) is 85.4 Å². The van der Waals surface area contributed by atoms with Crippen molar-refractivity contribution in [2.75, 3.05) is 44.9 Å². The van der Waals surface area contributed by atoms with Crippen LogP contribution >= 0.6 is 23.7 Å². The quantitative estimate of drug-likeness (QED) is 0.200. The van der Waals surface area contributed by atoms with Crippen LogP contribution in [0.4, 0.5) is 5.69 Å². The highest BCUT2D eigenvalue weighted by atomic mass is 35.5. The molecule has 8 nitrogen and oxygen atoms in total. The average Bonchev–Trinajstić information content (AvgIpc) is 3.53. The normalized spacial score (nSPS) is 14.0. The SMILES string of the molecule is COCCCCCOCC1CCN(c2ccc(-c3nn4cc(-c5ccc(C(=O)O)cc5)nc4s3)cc2)CC1.Cl. The molecule has 1 aliphatic rings. The zero-order chi connectivity index (χ0) is 26.3. The molecule has 2 aromatic carbocycles. The number of piperidine rings is 1. The number of benzene rings is 2. The van der Waals surface area contributed by atoms with Crippen molar-refractivity contribution in [2.45, 2.75) is 32.1 Å². The first-order chi connectivity index (χ1) is 18.6. The Kier molecular flexibility index (Phi) is 10.3. The van der Waals surface area contributed by atoms with Crippen molar-refractivity contribution in [1.29, 1.82) is 0 Å². The molecule has 0 bridgehead atoms. The minimum Gasteiger partial charge on any atom is -0.478 e. The number of carbonyl (C=O) groups is 1.